The third kappa shape index (κ3) is 3.48. The van der Waals surface area contributed by atoms with Crippen LogP contribution in [0.15, 0.2) is 0 Å². The van der Waals surface area contributed by atoms with Crippen LogP contribution in [0, 0.1) is 5.92 Å². The lowest BCUT2D eigenvalue weighted by molar-refractivity contribution is -0.0137. The Hall–Kier alpha value is -0.160. The van der Waals surface area contributed by atoms with E-state index in [0.29, 0.717) is 12.6 Å². The molecular weight excluding hydrogens is 240 g/mol. The van der Waals surface area contributed by atoms with E-state index in [1.807, 2.05) is 0 Å². The molecule has 2 fully saturated rings. The lowest BCUT2D eigenvalue weighted by Crippen LogP contribution is -2.52. The summed E-state index contributed by atoms with van der Waals surface area (Å²) in [4.78, 5) is 4.90. The second kappa shape index (κ2) is 6.53. The highest BCUT2D eigenvalue weighted by molar-refractivity contribution is 4.96. The average Bonchev–Trinajstić information content (AvgIpc) is 2.80. The van der Waals surface area contributed by atoms with Gasteiger partial charge < -0.3 is 9.84 Å². The van der Waals surface area contributed by atoms with E-state index < -0.39 is 0 Å². The summed E-state index contributed by atoms with van der Waals surface area (Å²) in [5.74, 6) is 0.747. The van der Waals surface area contributed by atoms with Crippen molar-refractivity contribution in [2.75, 3.05) is 46.5 Å². The molecule has 1 saturated carbocycles. The first-order chi connectivity index (χ1) is 9.07. The van der Waals surface area contributed by atoms with Crippen molar-refractivity contribution >= 4 is 0 Å². The van der Waals surface area contributed by atoms with Gasteiger partial charge in [-0.1, -0.05) is 6.92 Å². The fraction of sp³-hybridized carbons (Fsp3) is 1.00. The molecule has 1 aliphatic heterocycles. The molecular formula is C15H30N2O2. The quantitative estimate of drug-likeness (QED) is 0.814. The molecule has 0 radical (unpaired) electrons. The zero-order chi connectivity index (χ0) is 13.9. The van der Waals surface area contributed by atoms with Crippen LogP contribution in [0.1, 0.15) is 33.1 Å². The summed E-state index contributed by atoms with van der Waals surface area (Å²) in [5.41, 5.74) is 0.0366. The second-order valence-electron chi connectivity index (χ2n) is 6.61. The summed E-state index contributed by atoms with van der Waals surface area (Å²) in [6, 6.07) is 0.523. The van der Waals surface area contributed by atoms with Gasteiger partial charge in [0, 0.05) is 31.2 Å². The van der Waals surface area contributed by atoms with Gasteiger partial charge in [0.05, 0.1) is 19.8 Å². The Kier molecular flexibility index (Phi) is 5.23. The molecule has 0 unspecified atom stereocenters. The van der Waals surface area contributed by atoms with E-state index >= 15 is 0 Å². The number of morpholine rings is 1. The van der Waals surface area contributed by atoms with E-state index in [0.717, 1.165) is 51.6 Å². The third-order valence-electron chi connectivity index (χ3n) is 5.16. The van der Waals surface area contributed by atoms with Crippen LogP contribution in [-0.4, -0.2) is 73.0 Å². The monoisotopic (exact) mass is 270 g/mol. The zero-order valence-corrected chi connectivity index (χ0v) is 12.8. The first-order valence-corrected chi connectivity index (χ1v) is 7.71. The van der Waals surface area contributed by atoms with Crippen molar-refractivity contribution in [1.29, 1.82) is 0 Å². The average molecular weight is 270 g/mol. The summed E-state index contributed by atoms with van der Waals surface area (Å²) in [6.07, 6.45) is 3.53. The lowest BCUT2D eigenvalue weighted by atomic mass is 9.95. The largest absolute Gasteiger partial charge is 0.394 e. The van der Waals surface area contributed by atoms with Gasteiger partial charge >= 0.3 is 0 Å². The molecule has 3 atom stereocenters. The normalized spacial score (nSPS) is 37.1. The fourth-order valence-electron chi connectivity index (χ4n) is 3.59. The number of aliphatic hydroxyl groups excluding tert-OH is 1. The molecule has 1 aliphatic carbocycles. The van der Waals surface area contributed by atoms with Crippen LogP contribution in [0.25, 0.3) is 0 Å². The highest BCUT2D eigenvalue weighted by Gasteiger charge is 2.40. The molecule has 19 heavy (non-hydrogen) atoms. The summed E-state index contributed by atoms with van der Waals surface area (Å²) in [7, 11) is 2.18. The molecule has 0 amide bonds. The topological polar surface area (TPSA) is 35.9 Å². The van der Waals surface area contributed by atoms with Gasteiger partial charge in [0.25, 0.3) is 0 Å². The second-order valence-corrected chi connectivity index (χ2v) is 6.61. The minimum absolute atomic E-state index is 0.0366. The van der Waals surface area contributed by atoms with Crippen molar-refractivity contribution in [3.8, 4) is 0 Å². The molecule has 1 N–H and O–H groups in total. The van der Waals surface area contributed by atoms with E-state index in [2.05, 4.69) is 30.7 Å². The Balaban J connectivity index is 1.84. The molecule has 0 bridgehead atoms. The Bertz CT molecular complexity index is 287. The Morgan fingerprint density at radius 3 is 2.79 bits per heavy atom. The maximum absolute atomic E-state index is 9.82. The van der Waals surface area contributed by atoms with E-state index in [1.54, 1.807) is 0 Å². The van der Waals surface area contributed by atoms with Gasteiger partial charge in [-0.25, -0.2) is 0 Å². The molecule has 2 aliphatic rings. The number of hydrogen-bond donors (Lipinski definition) is 1. The van der Waals surface area contributed by atoms with Crippen molar-refractivity contribution in [3.63, 3.8) is 0 Å². The van der Waals surface area contributed by atoms with Gasteiger partial charge in [-0.3, -0.25) is 9.80 Å². The predicted molar refractivity (Wildman–Crippen MR) is 77.3 cm³/mol. The van der Waals surface area contributed by atoms with Gasteiger partial charge in [-0.15, -0.1) is 0 Å². The maximum atomic E-state index is 9.82. The number of ether oxygens (including phenoxy) is 1. The first-order valence-electron chi connectivity index (χ1n) is 7.71. The van der Waals surface area contributed by atoms with Crippen LogP contribution in [0.2, 0.25) is 0 Å². The summed E-state index contributed by atoms with van der Waals surface area (Å²) in [5, 5.41) is 9.82. The van der Waals surface area contributed by atoms with Gasteiger partial charge in [0.1, 0.15) is 0 Å². The highest BCUT2D eigenvalue weighted by atomic mass is 16.5. The molecule has 4 nitrogen and oxygen atoms in total. The predicted octanol–water partition coefficient (Wildman–Crippen LogP) is 1.19. The van der Waals surface area contributed by atoms with Crippen molar-refractivity contribution in [3.05, 3.63) is 0 Å². The first kappa shape index (κ1) is 15.2. The number of aliphatic hydroxyl groups is 1. The fourth-order valence-corrected chi connectivity index (χ4v) is 3.59. The lowest BCUT2D eigenvalue weighted by Gasteiger charge is -2.40. The van der Waals surface area contributed by atoms with Crippen LogP contribution in [0.3, 0.4) is 0 Å². The van der Waals surface area contributed by atoms with E-state index in [1.165, 1.54) is 6.42 Å². The van der Waals surface area contributed by atoms with Crippen LogP contribution in [0.4, 0.5) is 0 Å². The van der Waals surface area contributed by atoms with Crippen LogP contribution >= 0.6 is 0 Å². The molecule has 2 rings (SSSR count). The van der Waals surface area contributed by atoms with Gasteiger partial charge in [-0.2, -0.15) is 0 Å². The number of hydrogen-bond acceptors (Lipinski definition) is 4. The molecule has 0 aromatic rings. The van der Waals surface area contributed by atoms with Crippen LogP contribution in [-0.2, 0) is 4.74 Å². The Morgan fingerprint density at radius 1 is 1.42 bits per heavy atom. The standard InChI is InChI=1S/C15H30N2O2/c1-13-4-5-15(10-13,12-18)16(3)6-7-17-8-9-19-11-14(17)2/h13-14,18H,4-12H2,1-3H3/t13-,14-,15+/m1/s1. The van der Waals surface area contributed by atoms with Crippen molar-refractivity contribution < 1.29 is 9.84 Å². The molecule has 112 valence electrons. The van der Waals surface area contributed by atoms with Crippen molar-refractivity contribution in [1.82, 2.24) is 9.80 Å². The molecule has 0 aromatic heterocycles. The van der Waals surface area contributed by atoms with E-state index in [4.69, 9.17) is 4.74 Å². The Morgan fingerprint density at radius 2 is 2.21 bits per heavy atom. The number of nitrogens with zero attached hydrogens (tertiary/aromatic N) is 2. The van der Waals surface area contributed by atoms with Crippen molar-refractivity contribution in [2.24, 2.45) is 5.92 Å². The van der Waals surface area contributed by atoms with E-state index in [9.17, 15) is 5.11 Å². The van der Waals surface area contributed by atoms with Crippen LogP contribution in [0.5, 0.6) is 0 Å². The summed E-state index contributed by atoms with van der Waals surface area (Å²) < 4.78 is 5.48. The third-order valence-corrected chi connectivity index (χ3v) is 5.16. The molecule has 1 heterocycles. The van der Waals surface area contributed by atoms with Gasteiger partial charge in [-0.05, 0) is 39.2 Å². The summed E-state index contributed by atoms with van der Waals surface area (Å²) in [6.45, 7) is 9.70. The molecule has 4 heteroatoms. The minimum Gasteiger partial charge on any atom is -0.394 e. The van der Waals surface area contributed by atoms with Gasteiger partial charge in [0.2, 0.25) is 0 Å². The molecule has 0 aromatic carbocycles. The minimum atomic E-state index is 0.0366. The number of rotatable bonds is 5. The van der Waals surface area contributed by atoms with Crippen molar-refractivity contribution in [2.45, 2.75) is 44.7 Å². The van der Waals surface area contributed by atoms with Crippen LogP contribution < -0.4 is 0 Å². The highest BCUT2D eigenvalue weighted by Crippen LogP contribution is 2.37. The molecule has 0 spiro atoms. The Labute approximate surface area is 117 Å². The maximum Gasteiger partial charge on any atom is 0.0619 e. The molecule has 1 saturated heterocycles. The van der Waals surface area contributed by atoms with E-state index in [-0.39, 0.29) is 5.54 Å². The smallest absolute Gasteiger partial charge is 0.0619 e. The van der Waals surface area contributed by atoms with Gasteiger partial charge in [0.15, 0.2) is 0 Å². The zero-order valence-electron chi connectivity index (χ0n) is 12.8. The SMILES string of the molecule is C[C@@H]1CC[C@](CO)(N(C)CCN2CCOC[C@H]2C)C1. The summed E-state index contributed by atoms with van der Waals surface area (Å²) >= 11 is 0. The number of likely N-dealkylation sites (N-methyl/N-ethyl adjacent to an activating group) is 1.